The van der Waals surface area contributed by atoms with Crippen molar-refractivity contribution >= 4 is 34.6 Å². The molecule has 8 heteroatoms. The predicted octanol–water partition coefficient (Wildman–Crippen LogP) is 5.51. The molecule has 0 spiro atoms. The second-order valence-electron chi connectivity index (χ2n) is 9.48. The Kier molecular flexibility index (Phi) is 6.45. The van der Waals surface area contributed by atoms with Gasteiger partial charge in [0.15, 0.2) is 22.3 Å². The lowest BCUT2D eigenvalue weighted by atomic mass is 9.78. The number of nitrogens with one attached hydrogen (secondary N) is 2. The molecule has 0 saturated carbocycles. The highest BCUT2D eigenvalue weighted by molar-refractivity contribution is 7.80. The number of fused-ring (bicyclic) bond motifs is 4. The average Bonchev–Trinajstić information content (AvgIpc) is 2.86. The summed E-state index contributed by atoms with van der Waals surface area (Å²) in [6.45, 7) is 8.33. The van der Waals surface area contributed by atoms with Crippen molar-refractivity contribution in [1.82, 2.24) is 5.32 Å². The van der Waals surface area contributed by atoms with Crippen LogP contribution in [0.2, 0.25) is 0 Å². The van der Waals surface area contributed by atoms with E-state index in [2.05, 4.69) is 10.6 Å². The first-order valence-corrected chi connectivity index (χ1v) is 12.8. The maximum Gasteiger partial charge on any atom is 0.236 e. The molecule has 0 radical (unpaired) electrons. The van der Waals surface area contributed by atoms with Gasteiger partial charge in [-0.15, -0.1) is 0 Å². The molecule has 2 aliphatic rings. The summed E-state index contributed by atoms with van der Waals surface area (Å²) >= 11 is 5.88. The van der Waals surface area contributed by atoms with Crippen molar-refractivity contribution in [2.75, 3.05) is 23.9 Å². The number of nitrogens with zero attached hydrogens (tertiary/aromatic N) is 1. The summed E-state index contributed by atoms with van der Waals surface area (Å²) < 4.78 is 18.4. The molecule has 37 heavy (non-hydrogen) atoms. The highest BCUT2D eigenvalue weighted by Crippen LogP contribution is 2.53. The van der Waals surface area contributed by atoms with E-state index in [0.717, 1.165) is 22.4 Å². The van der Waals surface area contributed by atoms with Gasteiger partial charge in [0.05, 0.1) is 25.4 Å². The molecule has 3 unspecified atom stereocenters. The van der Waals surface area contributed by atoms with E-state index >= 15 is 0 Å². The maximum atomic E-state index is 14.1. The Morgan fingerprint density at radius 1 is 1.14 bits per heavy atom. The molecule has 192 valence electrons. The molecule has 1 fully saturated rings. The standard InChI is InChI=1S/C29H31N3O4S/c1-6-35-23-13-9-10-19-25-24(27(33)30-20-15-14-17(2)16-18(20)3)29(4,36-26(19)23)32(28(37)31-25)21-11-7-8-12-22(21)34-5/h7-16,24-25H,6H2,1-5H3,(H,30,33)(H,31,37). The minimum Gasteiger partial charge on any atom is -0.495 e. The second-order valence-corrected chi connectivity index (χ2v) is 9.87. The normalized spacial score (nSPS) is 21.9. The zero-order chi connectivity index (χ0) is 26.3. The van der Waals surface area contributed by atoms with Crippen LogP contribution in [0.1, 0.15) is 36.6 Å². The van der Waals surface area contributed by atoms with Gasteiger partial charge < -0.3 is 24.8 Å². The van der Waals surface area contributed by atoms with E-state index in [1.54, 1.807) is 7.11 Å². The number of benzene rings is 3. The molecule has 3 aromatic rings. The van der Waals surface area contributed by atoms with Crippen LogP contribution in [0.15, 0.2) is 60.7 Å². The number of aryl methyl sites for hydroxylation is 2. The molecular weight excluding hydrogens is 486 g/mol. The number of thiocarbonyl (C=S) groups is 1. The third kappa shape index (κ3) is 4.15. The van der Waals surface area contributed by atoms with Gasteiger partial charge in [-0.1, -0.05) is 42.0 Å². The molecular formula is C29H31N3O4S. The van der Waals surface area contributed by atoms with Crippen molar-refractivity contribution in [3.63, 3.8) is 0 Å². The summed E-state index contributed by atoms with van der Waals surface area (Å²) in [6.07, 6.45) is 0. The summed E-state index contributed by atoms with van der Waals surface area (Å²) in [5, 5.41) is 7.04. The fraction of sp³-hybridized carbons (Fsp3) is 0.310. The van der Waals surface area contributed by atoms with Gasteiger partial charge in [0.2, 0.25) is 5.91 Å². The third-order valence-electron chi connectivity index (χ3n) is 7.04. The van der Waals surface area contributed by atoms with Crippen LogP contribution in [0.25, 0.3) is 0 Å². The van der Waals surface area contributed by atoms with Crippen LogP contribution < -0.4 is 29.7 Å². The molecule has 1 amide bonds. The Morgan fingerprint density at radius 2 is 1.89 bits per heavy atom. The molecule has 2 aliphatic heterocycles. The van der Waals surface area contributed by atoms with Crippen LogP contribution in [-0.2, 0) is 4.79 Å². The second kappa shape index (κ2) is 9.59. The number of rotatable bonds is 6. The highest BCUT2D eigenvalue weighted by Gasteiger charge is 2.60. The molecule has 0 aliphatic carbocycles. The number of amides is 1. The number of ether oxygens (including phenoxy) is 3. The van der Waals surface area contributed by atoms with Crippen molar-refractivity contribution in [3.8, 4) is 17.2 Å². The van der Waals surface area contributed by atoms with Gasteiger partial charge in [0.25, 0.3) is 0 Å². The Morgan fingerprint density at radius 3 is 2.62 bits per heavy atom. The number of anilines is 2. The van der Waals surface area contributed by atoms with E-state index in [1.807, 2.05) is 93.3 Å². The first-order chi connectivity index (χ1) is 17.8. The number of methoxy groups -OCH3 is 1. The average molecular weight is 518 g/mol. The molecule has 2 heterocycles. The Labute approximate surface area is 222 Å². The number of hydrogen-bond acceptors (Lipinski definition) is 5. The van der Waals surface area contributed by atoms with Gasteiger partial charge in [-0.3, -0.25) is 9.69 Å². The number of carbonyl (C=O) groups excluding carboxylic acids is 1. The fourth-order valence-corrected chi connectivity index (χ4v) is 5.79. The van der Waals surface area contributed by atoms with Crippen molar-refractivity contribution in [1.29, 1.82) is 0 Å². The van der Waals surface area contributed by atoms with E-state index in [9.17, 15) is 4.79 Å². The van der Waals surface area contributed by atoms with Crippen LogP contribution in [0, 0.1) is 19.8 Å². The highest BCUT2D eigenvalue weighted by atomic mass is 32.1. The zero-order valence-corrected chi connectivity index (χ0v) is 22.4. The molecule has 3 aromatic carbocycles. The molecule has 2 N–H and O–H groups in total. The quantitative estimate of drug-likeness (QED) is 0.418. The Hall–Kier alpha value is -3.78. The van der Waals surface area contributed by atoms with Crippen LogP contribution in [0.4, 0.5) is 11.4 Å². The molecule has 0 aromatic heterocycles. The monoisotopic (exact) mass is 517 g/mol. The molecule has 7 nitrogen and oxygen atoms in total. The van der Waals surface area contributed by atoms with Gasteiger partial charge in [-0.25, -0.2) is 0 Å². The summed E-state index contributed by atoms with van der Waals surface area (Å²) in [7, 11) is 1.61. The van der Waals surface area contributed by atoms with Crippen molar-refractivity contribution in [2.24, 2.45) is 5.92 Å². The van der Waals surface area contributed by atoms with Gasteiger partial charge in [0, 0.05) is 11.3 Å². The number of hydrogen-bond donors (Lipinski definition) is 2. The molecule has 2 bridgehead atoms. The van der Waals surface area contributed by atoms with Gasteiger partial charge in [-0.05, 0) is 69.7 Å². The van der Waals surface area contributed by atoms with Crippen LogP contribution in [0.5, 0.6) is 17.2 Å². The van der Waals surface area contributed by atoms with E-state index < -0.39 is 17.7 Å². The molecule has 1 saturated heterocycles. The van der Waals surface area contributed by atoms with E-state index in [4.69, 9.17) is 26.4 Å². The van der Waals surface area contributed by atoms with Gasteiger partial charge in [-0.2, -0.15) is 0 Å². The number of para-hydroxylation sites is 3. The molecule has 5 rings (SSSR count). The minimum atomic E-state index is -1.19. The lowest BCUT2D eigenvalue weighted by Crippen LogP contribution is -2.72. The molecule has 3 atom stereocenters. The zero-order valence-electron chi connectivity index (χ0n) is 21.6. The van der Waals surface area contributed by atoms with Crippen LogP contribution >= 0.6 is 12.2 Å². The van der Waals surface area contributed by atoms with Gasteiger partial charge >= 0.3 is 0 Å². The van der Waals surface area contributed by atoms with Crippen molar-refractivity contribution in [2.45, 2.75) is 39.5 Å². The largest absolute Gasteiger partial charge is 0.495 e. The van der Waals surface area contributed by atoms with Crippen LogP contribution in [-0.4, -0.2) is 30.5 Å². The van der Waals surface area contributed by atoms with E-state index in [0.29, 0.717) is 34.7 Å². The predicted molar refractivity (Wildman–Crippen MR) is 149 cm³/mol. The van der Waals surface area contributed by atoms with E-state index in [-0.39, 0.29) is 5.91 Å². The SMILES string of the molecule is CCOc1cccc2c1OC1(C)C(C(=O)Nc3ccc(C)cc3C)C2NC(=S)N1c1ccccc1OC. The lowest BCUT2D eigenvalue weighted by Gasteiger charge is -2.56. The minimum absolute atomic E-state index is 0.179. The fourth-order valence-electron chi connectivity index (χ4n) is 5.38. The maximum absolute atomic E-state index is 14.1. The Balaban J connectivity index is 1.67. The number of carbonyl (C=O) groups is 1. The third-order valence-corrected chi connectivity index (χ3v) is 7.34. The summed E-state index contributed by atoms with van der Waals surface area (Å²) in [4.78, 5) is 16.0. The lowest BCUT2D eigenvalue weighted by molar-refractivity contribution is -0.130. The topological polar surface area (TPSA) is 72.1 Å². The van der Waals surface area contributed by atoms with Crippen molar-refractivity contribution in [3.05, 3.63) is 77.4 Å². The summed E-state index contributed by atoms with van der Waals surface area (Å²) in [5.74, 6) is 0.990. The van der Waals surface area contributed by atoms with Gasteiger partial charge in [0.1, 0.15) is 11.7 Å². The van der Waals surface area contributed by atoms with Crippen LogP contribution in [0.3, 0.4) is 0 Å². The van der Waals surface area contributed by atoms with E-state index in [1.165, 1.54) is 0 Å². The first-order valence-electron chi connectivity index (χ1n) is 12.3. The summed E-state index contributed by atoms with van der Waals surface area (Å²) in [6, 6.07) is 18.8. The smallest absolute Gasteiger partial charge is 0.236 e. The van der Waals surface area contributed by atoms with Crippen molar-refractivity contribution < 1.29 is 19.0 Å². The first kappa shape index (κ1) is 24.9. The summed E-state index contributed by atoms with van der Waals surface area (Å²) in [5.41, 5.74) is 3.22. The Bertz CT molecular complexity index is 1380.